The maximum atomic E-state index is 11.9. The minimum atomic E-state index is -0.829. The Kier molecular flexibility index (Phi) is 6.11. The molecule has 0 radical (unpaired) electrons. The quantitative estimate of drug-likeness (QED) is 0.653. The zero-order valence-electron chi connectivity index (χ0n) is 13.1. The molecule has 5 heteroatoms. The van der Waals surface area contributed by atoms with Crippen molar-refractivity contribution in [2.45, 2.75) is 26.5 Å². The van der Waals surface area contributed by atoms with Gasteiger partial charge in [0, 0.05) is 11.0 Å². The summed E-state index contributed by atoms with van der Waals surface area (Å²) in [6.45, 7) is 4.00. The van der Waals surface area contributed by atoms with Crippen LogP contribution >= 0.6 is 11.3 Å². The lowest BCUT2D eigenvalue weighted by molar-refractivity contribution is -0.150. The minimum Gasteiger partial charge on any atom is -0.449 e. The van der Waals surface area contributed by atoms with E-state index in [-0.39, 0.29) is 5.91 Å². The van der Waals surface area contributed by atoms with Gasteiger partial charge in [0.05, 0.1) is 6.54 Å². The van der Waals surface area contributed by atoms with Crippen LogP contribution in [0.15, 0.2) is 47.9 Å². The van der Waals surface area contributed by atoms with E-state index in [1.165, 1.54) is 6.08 Å². The minimum absolute atomic E-state index is 0.310. The number of rotatable bonds is 6. The lowest BCUT2D eigenvalue weighted by Crippen LogP contribution is -2.34. The van der Waals surface area contributed by atoms with Crippen molar-refractivity contribution in [1.29, 1.82) is 0 Å². The molecular weight excluding hydrogens is 310 g/mol. The molecule has 0 fully saturated rings. The third-order valence-corrected chi connectivity index (χ3v) is 4.04. The molecule has 1 atom stereocenters. The summed E-state index contributed by atoms with van der Waals surface area (Å²) in [7, 11) is 0. The lowest BCUT2D eigenvalue weighted by Gasteiger charge is -2.11. The van der Waals surface area contributed by atoms with Crippen LogP contribution in [-0.2, 0) is 20.9 Å². The Hall–Kier alpha value is -2.40. The first-order chi connectivity index (χ1) is 11.0. The molecule has 0 unspecified atom stereocenters. The van der Waals surface area contributed by atoms with Crippen LogP contribution in [0.2, 0.25) is 0 Å². The van der Waals surface area contributed by atoms with Crippen LogP contribution in [0.5, 0.6) is 0 Å². The number of carbonyl (C=O) groups is 2. The van der Waals surface area contributed by atoms with Gasteiger partial charge < -0.3 is 10.1 Å². The molecule has 4 nitrogen and oxygen atoms in total. The van der Waals surface area contributed by atoms with Crippen molar-refractivity contribution in [3.63, 3.8) is 0 Å². The second-order valence-electron chi connectivity index (χ2n) is 5.12. The number of hydrogen-bond acceptors (Lipinski definition) is 4. The third kappa shape index (κ3) is 5.71. The van der Waals surface area contributed by atoms with Crippen molar-refractivity contribution < 1.29 is 14.3 Å². The van der Waals surface area contributed by atoms with E-state index in [4.69, 9.17) is 4.74 Å². The number of hydrogen-bond donors (Lipinski definition) is 1. The molecule has 1 amide bonds. The van der Waals surface area contributed by atoms with E-state index >= 15 is 0 Å². The molecule has 1 aromatic carbocycles. The predicted octanol–water partition coefficient (Wildman–Crippen LogP) is 3.32. The van der Waals surface area contributed by atoms with Crippen LogP contribution in [0.4, 0.5) is 0 Å². The Labute approximate surface area is 139 Å². The Morgan fingerprint density at radius 1 is 1.26 bits per heavy atom. The summed E-state index contributed by atoms with van der Waals surface area (Å²) in [5.41, 5.74) is 2.06. The highest BCUT2D eigenvalue weighted by Gasteiger charge is 2.16. The molecule has 0 saturated carbocycles. The molecule has 0 spiro atoms. The monoisotopic (exact) mass is 329 g/mol. The fraction of sp³-hybridized carbons (Fsp3) is 0.222. The number of aryl methyl sites for hydroxylation is 1. The van der Waals surface area contributed by atoms with Crippen LogP contribution in [-0.4, -0.2) is 18.0 Å². The van der Waals surface area contributed by atoms with E-state index in [0.29, 0.717) is 6.54 Å². The van der Waals surface area contributed by atoms with E-state index < -0.39 is 12.1 Å². The molecule has 1 heterocycles. The van der Waals surface area contributed by atoms with E-state index in [9.17, 15) is 9.59 Å². The van der Waals surface area contributed by atoms with E-state index in [0.717, 1.165) is 16.0 Å². The topological polar surface area (TPSA) is 55.4 Å². The highest BCUT2D eigenvalue weighted by molar-refractivity contribution is 7.09. The van der Waals surface area contributed by atoms with Gasteiger partial charge in [0.2, 0.25) is 0 Å². The van der Waals surface area contributed by atoms with E-state index in [1.54, 1.807) is 24.3 Å². The molecule has 0 aliphatic carbocycles. The number of carbonyl (C=O) groups excluding carboxylic acids is 2. The third-order valence-electron chi connectivity index (χ3n) is 3.17. The van der Waals surface area contributed by atoms with Gasteiger partial charge in [0.25, 0.3) is 5.91 Å². The van der Waals surface area contributed by atoms with Crippen LogP contribution in [0.1, 0.15) is 22.9 Å². The number of amides is 1. The van der Waals surface area contributed by atoms with Gasteiger partial charge in [-0.1, -0.05) is 35.9 Å². The zero-order valence-corrected chi connectivity index (χ0v) is 13.9. The molecule has 0 aliphatic rings. The van der Waals surface area contributed by atoms with E-state index in [2.05, 4.69) is 5.32 Å². The number of ether oxygens (including phenoxy) is 1. The van der Waals surface area contributed by atoms with E-state index in [1.807, 2.05) is 48.7 Å². The van der Waals surface area contributed by atoms with Crippen molar-refractivity contribution in [3.05, 3.63) is 63.9 Å². The number of benzene rings is 1. The first-order valence-electron chi connectivity index (χ1n) is 7.30. The fourth-order valence-electron chi connectivity index (χ4n) is 1.84. The van der Waals surface area contributed by atoms with Crippen molar-refractivity contribution in [2.75, 3.05) is 0 Å². The molecule has 0 saturated heterocycles. The fourth-order valence-corrected chi connectivity index (χ4v) is 2.48. The molecular formula is C18H19NO3S. The van der Waals surface area contributed by atoms with Gasteiger partial charge in [-0.2, -0.15) is 0 Å². The Morgan fingerprint density at radius 3 is 2.65 bits per heavy atom. The van der Waals surface area contributed by atoms with Crippen molar-refractivity contribution >= 4 is 29.3 Å². The largest absolute Gasteiger partial charge is 0.449 e. The summed E-state index contributed by atoms with van der Waals surface area (Å²) in [5.74, 6) is -0.847. The summed E-state index contributed by atoms with van der Waals surface area (Å²) in [6, 6.07) is 11.6. The SMILES string of the molecule is Cc1ccc(/C=C/C(=O)O[C@@H](C)C(=O)NCc2cccs2)cc1. The van der Waals surface area contributed by atoms with Crippen molar-refractivity contribution in [3.8, 4) is 0 Å². The normalized spacial score (nSPS) is 12.1. The molecule has 23 heavy (non-hydrogen) atoms. The summed E-state index contributed by atoms with van der Waals surface area (Å²) in [4.78, 5) is 24.7. The predicted molar refractivity (Wildman–Crippen MR) is 91.9 cm³/mol. The summed E-state index contributed by atoms with van der Waals surface area (Å²) in [6.07, 6.45) is 2.16. The molecule has 2 aromatic rings. The molecule has 1 N–H and O–H groups in total. The molecule has 2 rings (SSSR count). The van der Waals surface area contributed by atoms with Crippen LogP contribution in [0.3, 0.4) is 0 Å². The smallest absolute Gasteiger partial charge is 0.331 e. The van der Waals surface area contributed by atoms with Crippen LogP contribution in [0.25, 0.3) is 6.08 Å². The highest BCUT2D eigenvalue weighted by atomic mass is 32.1. The molecule has 0 bridgehead atoms. The standard InChI is InChI=1S/C18H19NO3S/c1-13-5-7-15(8-6-13)9-10-17(20)22-14(2)18(21)19-12-16-4-3-11-23-16/h3-11,14H,12H2,1-2H3,(H,19,21)/b10-9+/t14-/m0/s1. The van der Waals surface area contributed by atoms with Crippen molar-refractivity contribution in [2.24, 2.45) is 0 Å². The Bertz CT molecular complexity index is 675. The molecule has 120 valence electrons. The Balaban J connectivity index is 1.79. The summed E-state index contributed by atoms with van der Waals surface area (Å²) in [5, 5.41) is 4.69. The maximum absolute atomic E-state index is 11.9. The van der Waals surface area contributed by atoms with Gasteiger partial charge >= 0.3 is 5.97 Å². The van der Waals surface area contributed by atoms with Crippen LogP contribution in [0, 0.1) is 6.92 Å². The molecule has 1 aromatic heterocycles. The van der Waals surface area contributed by atoms with Gasteiger partial charge in [-0.3, -0.25) is 4.79 Å². The number of nitrogens with one attached hydrogen (secondary N) is 1. The first-order valence-corrected chi connectivity index (χ1v) is 8.18. The summed E-state index contributed by atoms with van der Waals surface area (Å²) < 4.78 is 5.09. The maximum Gasteiger partial charge on any atom is 0.331 e. The van der Waals surface area contributed by atoms with Crippen LogP contribution < -0.4 is 5.32 Å². The Morgan fingerprint density at radius 2 is 2.00 bits per heavy atom. The lowest BCUT2D eigenvalue weighted by atomic mass is 10.1. The van der Waals surface area contributed by atoms with Gasteiger partial charge in [0.15, 0.2) is 6.10 Å². The first kappa shape index (κ1) is 17.0. The average Bonchev–Trinajstić information content (AvgIpc) is 3.05. The van der Waals surface area contributed by atoms with Gasteiger partial charge in [-0.05, 0) is 36.9 Å². The van der Waals surface area contributed by atoms with Crippen molar-refractivity contribution in [1.82, 2.24) is 5.32 Å². The second-order valence-corrected chi connectivity index (χ2v) is 6.15. The summed E-state index contributed by atoms with van der Waals surface area (Å²) >= 11 is 1.56. The van der Waals surface area contributed by atoms with Gasteiger partial charge in [-0.25, -0.2) is 4.79 Å². The number of thiophene rings is 1. The van der Waals surface area contributed by atoms with Gasteiger partial charge in [-0.15, -0.1) is 11.3 Å². The highest BCUT2D eigenvalue weighted by Crippen LogP contribution is 2.08. The average molecular weight is 329 g/mol. The number of esters is 1. The zero-order chi connectivity index (χ0) is 16.7. The molecule has 0 aliphatic heterocycles. The van der Waals surface area contributed by atoms with Gasteiger partial charge in [0.1, 0.15) is 0 Å². The second kappa shape index (κ2) is 8.29.